The molecule has 0 aliphatic carbocycles. The molecule has 26 heavy (non-hydrogen) atoms. The SMILES string of the molecule is O=C(c1ccccc1)c1ccc(CNS(=O)(=O)Cc2cccc(F)c2)s1. The van der Waals surface area contributed by atoms with Gasteiger partial charge in [0, 0.05) is 17.0 Å². The van der Waals surface area contributed by atoms with E-state index in [1.165, 1.54) is 29.5 Å². The van der Waals surface area contributed by atoms with E-state index in [-0.39, 0.29) is 18.1 Å². The van der Waals surface area contributed by atoms with Crippen LogP contribution in [0.25, 0.3) is 0 Å². The first-order valence-corrected chi connectivity index (χ1v) is 10.3. The van der Waals surface area contributed by atoms with Crippen LogP contribution in [0.15, 0.2) is 66.7 Å². The van der Waals surface area contributed by atoms with Gasteiger partial charge in [-0.15, -0.1) is 11.3 Å². The lowest BCUT2D eigenvalue weighted by Crippen LogP contribution is -2.24. The second kappa shape index (κ2) is 7.90. The van der Waals surface area contributed by atoms with Crippen molar-refractivity contribution in [2.24, 2.45) is 0 Å². The highest BCUT2D eigenvalue weighted by molar-refractivity contribution is 7.88. The standard InChI is InChI=1S/C19H16FNO3S2/c20-16-8-4-5-14(11-16)13-26(23,24)21-12-17-9-10-18(25-17)19(22)15-6-2-1-3-7-15/h1-11,21H,12-13H2. The van der Waals surface area contributed by atoms with Crippen LogP contribution in [0.3, 0.4) is 0 Å². The average molecular weight is 389 g/mol. The Bertz CT molecular complexity index is 1010. The minimum atomic E-state index is -3.61. The number of halogens is 1. The monoisotopic (exact) mass is 389 g/mol. The maximum absolute atomic E-state index is 13.2. The Morgan fingerprint density at radius 2 is 1.77 bits per heavy atom. The molecule has 4 nitrogen and oxygen atoms in total. The number of sulfonamides is 1. The van der Waals surface area contributed by atoms with Crippen LogP contribution in [-0.2, 0) is 22.3 Å². The van der Waals surface area contributed by atoms with E-state index >= 15 is 0 Å². The summed E-state index contributed by atoms with van der Waals surface area (Å²) in [5.74, 6) is -0.865. The van der Waals surface area contributed by atoms with E-state index in [4.69, 9.17) is 0 Å². The Kier molecular flexibility index (Phi) is 5.61. The molecule has 0 aliphatic heterocycles. The van der Waals surface area contributed by atoms with Crippen LogP contribution in [0.1, 0.15) is 25.7 Å². The molecular weight excluding hydrogens is 373 g/mol. The zero-order valence-corrected chi connectivity index (χ0v) is 15.3. The lowest BCUT2D eigenvalue weighted by Gasteiger charge is -2.06. The number of carbonyl (C=O) groups excluding carboxylic acids is 1. The molecule has 0 atom stereocenters. The van der Waals surface area contributed by atoms with Crippen LogP contribution in [-0.4, -0.2) is 14.2 Å². The van der Waals surface area contributed by atoms with Gasteiger partial charge in [0.2, 0.25) is 15.8 Å². The van der Waals surface area contributed by atoms with E-state index in [9.17, 15) is 17.6 Å². The summed E-state index contributed by atoms with van der Waals surface area (Å²) in [5, 5.41) is 0. The lowest BCUT2D eigenvalue weighted by atomic mass is 10.1. The van der Waals surface area contributed by atoms with Crippen LogP contribution in [0.5, 0.6) is 0 Å². The Hall–Kier alpha value is -2.35. The minimum Gasteiger partial charge on any atom is -0.288 e. The van der Waals surface area contributed by atoms with Crippen molar-refractivity contribution < 1.29 is 17.6 Å². The zero-order valence-electron chi connectivity index (χ0n) is 13.7. The van der Waals surface area contributed by atoms with E-state index in [0.29, 0.717) is 16.0 Å². The highest BCUT2D eigenvalue weighted by Gasteiger charge is 2.15. The van der Waals surface area contributed by atoms with E-state index < -0.39 is 15.8 Å². The van der Waals surface area contributed by atoms with Crippen molar-refractivity contribution >= 4 is 27.1 Å². The number of thiophene rings is 1. The lowest BCUT2D eigenvalue weighted by molar-refractivity contribution is 0.104. The molecule has 1 N–H and O–H groups in total. The third kappa shape index (κ3) is 4.85. The number of benzene rings is 2. The Labute approximate surface area is 155 Å². The quantitative estimate of drug-likeness (QED) is 0.626. The molecule has 134 valence electrons. The average Bonchev–Trinajstić information content (AvgIpc) is 3.09. The normalized spacial score (nSPS) is 11.4. The molecule has 7 heteroatoms. The van der Waals surface area contributed by atoms with E-state index in [0.717, 1.165) is 4.88 Å². The molecule has 1 heterocycles. The van der Waals surface area contributed by atoms with E-state index in [1.807, 2.05) is 6.07 Å². The first kappa shape index (κ1) is 18.4. The first-order valence-electron chi connectivity index (χ1n) is 7.83. The Morgan fingerprint density at radius 3 is 2.50 bits per heavy atom. The van der Waals surface area contributed by atoms with Gasteiger partial charge in [-0.25, -0.2) is 17.5 Å². The topological polar surface area (TPSA) is 63.2 Å². The van der Waals surface area contributed by atoms with Gasteiger partial charge < -0.3 is 0 Å². The van der Waals surface area contributed by atoms with Gasteiger partial charge in [0.05, 0.1) is 10.6 Å². The summed E-state index contributed by atoms with van der Waals surface area (Å²) in [6.07, 6.45) is 0. The number of hydrogen-bond acceptors (Lipinski definition) is 4. The molecular formula is C19H16FNO3S2. The summed E-state index contributed by atoms with van der Waals surface area (Å²) in [6.45, 7) is 0.0877. The number of rotatable bonds is 7. The van der Waals surface area contributed by atoms with Crippen LogP contribution >= 0.6 is 11.3 Å². The molecule has 0 unspecified atom stereocenters. The molecule has 3 aromatic rings. The van der Waals surface area contributed by atoms with Crippen molar-refractivity contribution in [3.8, 4) is 0 Å². The second-order valence-corrected chi connectivity index (χ2v) is 8.65. The third-order valence-corrected chi connectivity index (χ3v) is 6.01. The van der Waals surface area contributed by atoms with Gasteiger partial charge >= 0.3 is 0 Å². The van der Waals surface area contributed by atoms with Crippen LogP contribution < -0.4 is 4.72 Å². The molecule has 0 radical (unpaired) electrons. The Balaban J connectivity index is 1.63. The van der Waals surface area contributed by atoms with Gasteiger partial charge in [0.1, 0.15) is 5.82 Å². The molecule has 0 aliphatic rings. The molecule has 0 saturated carbocycles. The summed E-state index contributed by atoms with van der Waals surface area (Å²) in [5.41, 5.74) is 0.969. The van der Waals surface area contributed by atoms with Gasteiger partial charge in [-0.2, -0.15) is 0 Å². The summed E-state index contributed by atoms with van der Waals surface area (Å²) in [4.78, 5) is 13.7. The number of nitrogens with one attached hydrogen (secondary N) is 1. The first-order chi connectivity index (χ1) is 12.4. The fraction of sp³-hybridized carbons (Fsp3) is 0.105. The predicted molar refractivity (Wildman–Crippen MR) is 100 cm³/mol. The van der Waals surface area contributed by atoms with Crippen LogP contribution in [0.2, 0.25) is 0 Å². The van der Waals surface area contributed by atoms with Gasteiger partial charge in [-0.3, -0.25) is 4.79 Å². The van der Waals surface area contributed by atoms with E-state index in [1.54, 1.807) is 42.5 Å². The van der Waals surface area contributed by atoms with Gasteiger partial charge in [0.15, 0.2) is 0 Å². The number of ketones is 1. The Morgan fingerprint density at radius 1 is 1.00 bits per heavy atom. The third-order valence-electron chi connectivity index (χ3n) is 3.63. The van der Waals surface area contributed by atoms with Crippen molar-refractivity contribution in [1.82, 2.24) is 4.72 Å². The van der Waals surface area contributed by atoms with Crippen LogP contribution in [0.4, 0.5) is 4.39 Å². The maximum Gasteiger partial charge on any atom is 0.216 e. The molecule has 0 spiro atoms. The molecule has 3 rings (SSSR count). The highest BCUT2D eigenvalue weighted by Crippen LogP contribution is 2.20. The zero-order chi connectivity index (χ0) is 18.6. The molecule has 2 aromatic carbocycles. The van der Waals surface area contributed by atoms with Crippen LogP contribution in [0, 0.1) is 5.82 Å². The molecule has 0 amide bonds. The highest BCUT2D eigenvalue weighted by atomic mass is 32.2. The van der Waals surface area contributed by atoms with Crippen molar-refractivity contribution in [1.29, 1.82) is 0 Å². The summed E-state index contributed by atoms with van der Waals surface area (Å²) < 4.78 is 40.0. The number of carbonyl (C=O) groups is 1. The maximum atomic E-state index is 13.2. The minimum absolute atomic E-state index is 0.0877. The van der Waals surface area contributed by atoms with Crippen molar-refractivity contribution in [2.45, 2.75) is 12.3 Å². The number of hydrogen-bond donors (Lipinski definition) is 1. The van der Waals surface area contributed by atoms with Crippen molar-refractivity contribution in [2.75, 3.05) is 0 Å². The smallest absolute Gasteiger partial charge is 0.216 e. The molecule has 0 saturated heterocycles. The molecule has 0 bridgehead atoms. The second-order valence-electron chi connectivity index (χ2n) is 5.67. The molecule has 1 aromatic heterocycles. The van der Waals surface area contributed by atoms with Crippen molar-refractivity contribution in [3.05, 3.63) is 93.4 Å². The fourth-order valence-corrected chi connectivity index (χ4v) is 4.50. The molecule has 0 fully saturated rings. The van der Waals surface area contributed by atoms with Gasteiger partial charge in [0.25, 0.3) is 0 Å². The predicted octanol–water partition coefficient (Wildman–Crippen LogP) is 3.74. The van der Waals surface area contributed by atoms with Gasteiger partial charge in [-0.05, 0) is 29.8 Å². The fourth-order valence-electron chi connectivity index (χ4n) is 2.41. The summed E-state index contributed by atoms with van der Waals surface area (Å²) in [6, 6.07) is 17.8. The largest absolute Gasteiger partial charge is 0.288 e. The summed E-state index contributed by atoms with van der Waals surface area (Å²) in [7, 11) is -3.61. The van der Waals surface area contributed by atoms with Crippen molar-refractivity contribution in [3.63, 3.8) is 0 Å². The summed E-state index contributed by atoms with van der Waals surface area (Å²) >= 11 is 1.25. The van der Waals surface area contributed by atoms with Gasteiger partial charge in [-0.1, -0.05) is 42.5 Å². The van der Waals surface area contributed by atoms with E-state index in [2.05, 4.69) is 4.72 Å².